The van der Waals surface area contributed by atoms with E-state index in [2.05, 4.69) is 143 Å². The van der Waals surface area contributed by atoms with Gasteiger partial charge in [-0.1, -0.05) is 107 Å². The molecule has 194 valence electrons. The Morgan fingerprint density at radius 2 is 1.63 bits per heavy atom. The second-order valence-electron chi connectivity index (χ2n) is 9.92. The van der Waals surface area contributed by atoms with Crippen molar-refractivity contribution in [1.29, 1.82) is 0 Å². The van der Waals surface area contributed by atoms with E-state index in [0.717, 1.165) is 47.4 Å². The van der Waals surface area contributed by atoms with Crippen molar-refractivity contribution in [2.45, 2.75) is 52.4 Å². The molecule has 0 N–H and O–H groups in total. The van der Waals surface area contributed by atoms with E-state index in [1.807, 2.05) is 12.2 Å². The molecule has 0 saturated carbocycles. The molecule has 0 amide bonds. The predicted octanol–water partition coefficient (Wildman–Crippen LogP) is 9.41. The van der Waals surface area contributed by atoms with Crippen LogP contribution in [0.5, 0.6) is 0 Å². The van der Waals surface area contributed by atoms with Crippen molar-refractivity contribution in [2.24, 2.45) is 0 Å². The summed E-state index contributed by atoms with van der Waals surface area (Å²) in [5, 5.41) is 0. The van der Waals surface area contributed by atoms with Crippen molar-refractivity contribution in [3.05, 3.63) is 150 Å². The summed E-state index contributed by atoms with van der Waals surface area (Å²) in [6.45, 7) is 17.3. The van der Waals surface area contributed by atoms with E-state index in [9.17, 15) is 0 Å². The molecule has 0 aromatic heterocycles. The maximum absolute atomic E-state index is 4.72. The molecule has 0 fully saturated rings. The van der Waals surface area contributed by atoms with Gasteiger partial charge in [0.2, 0.25) is 11.4 Å². The van der Waals surface area contributed by atoms with Crippen LogP contribution in [0.15, 0.2) is 122 Å². The van der Waals surface area contributed by atoms with E-state index in [1.54, 1.807) is 0 Å². The lowest BCUT2D eigenvalue weighted by Crippen LogP contribution is -2.23. The molecule has 0 spiro atoms. The Morgan fingerprint density at radius 3 is 2.29 bits per heavy atom. The minimum absolute atomic E-state index is 0.162. The van der Waals surface area contributed by atoms with Gasteiger partial charge in [0.05, 0.1) is 0 Å². The van der Waals surface area contributed by atoms with Crippen LogP contribution in [0.1, 0.15) is 68.4 Å². The van der Waals surface area contributed by atoms with Gasteiger partial charge < -0.3 is 0 Å². The minimum atomic E-state index is -0.162. The summed E-state index contributed by atoms with van der Waals surface area (Å²) < 4.78 is 2.30. The van der Waals surface area contributed by atoms with Crippen LogP contribution in [-0.4, -0.2) is 17.3 Å². The molecule has 0 radical (unpaired) electrons. The molecule has 0 bridgehead atoms. The number of nitrogens with zero attached hydrogens (tertiary/aromatic N) is 1. The van der Waals surface area contributed by atoms with Gasteiger partial charge in [-0.05, 0) is 72.9 Å². The van der Waals surface area contributed by atoms with Crippen molar-refractivity contribution >= 4 is 17.0 Å². The second-order valence-corrected chi connectivity index (χ2v) is 9.92. The second kappa shape index (κ2) is 13.6. The molecule has 3 aromatic rings. The standard InChI is InChI=1S/C37H42N/c1-8-12-18-27-37(6,11-4)34-26-17-16-25-33(34)29(5)36(31-22-14-13-15-23-31)38(7)35(10-3)32-24-19-21-30(28-32)20-9-2/h10,12-19,21-28H,1,5,9,11,20H2,2-4,6-7H3/q+1. The van der Waals surface area contributed by atoms with Gasteiger partial charge in [-0.15, -0.1) is 5.73 Å². The van der Waals surface area contributed by atoms with Gasteiger partial charge >= 0.3 is 0 Å². The third kappa shape index (κ3) is 6.49. The van der Waals surface area contributed by atoms with Crippen LogP contribution in [0.2, 0.25) is 0 Å². The largest absolute Gasteiger partial charge is 0.220 e. The lowest BCUT2D eigenvalue weighted by Gasteiger charge is -2.28. The average Bonchev–Trinajstić information content (AvgIpc) is 2.94. The van der Waals surface area contributed by atoms with E-state index in [-0.39, 0.29) is 5.41 Å². The van der Waals surface area contributed by atoms with E-state index in [4.69, 9.17) is 6.58 Å². The van der Waals surface area contributed by atoms with Crippen LogP contribution >= 0.6 is 0 Å². The smallest absolute Gasteiger partial charge is 0.194 e. The van der Waals surface area contributed by atoms with Crippen LogP contribution < -0.4 is 0 Å². The third-order valence-electron chi connectivity index (χ3n) is 7.34. The van der Waals surface area contributed by atoms with Crippen molar-refractivity contribution in [3.63, 3.8) is 0 Å². The van der Waals surface area contributed by atoms with Crippen LogP contribution in [0.3, 0.4) is 0 Å². The third-order valence-corrected chi connectivity index (χ3v) is 7.34. The van der Waals surface area contributed by atoms with Crippen molar-refractivity contribution in [1.82, 2.24) is 0 Å². The van der Waals surface area contributed by atoms with E-state index in [1.165, 1.54) is 16.7 Å². The first-order valence-electron chi connectivity index (χ1n) is 13.6. The summed E-state index contributed by atoms with van der Waals surface area (Å²) >= 11 is 0. The normalized spacial score (nSPS) is 14.0. The molecule has 3 rings (SSSR count). The van der Waals surface area contributed by atoms with Crippen molar-refractivity contribution in [3.8, 4) is 0 Å². The highest BCUT2D eigenvalue weighted by Gasteiger charge is 2.29. The topological polar surface area (TPSA) is 3.01 Å². The first-order valence-corrected chi connectivity index (χ1v) is 13.6. The molecule has 0 saturated heterocycles. The number of aryl methyl sites for hydroxylation is 1. The zero-order valence-electron chi connectivity index (χ0n) is 23.8. The lowest BCUT2D eigenvalue weighted by molar-refractivity contribution is -0.393. The number of benzene rings is 3. The minimum Gasteiger partial charge on any atom is -0.194 e. The maximum Gasteiger partial charge on any atom is 0.220 e. The van der Waals surface area contributed by atoms with Gasteiger partial charge in [0, 0.05) is 22.1 Å². The maximum atomic E-state index is 4.72. The average molecular weight is 501 g/mol. The van der Waals surface area contributed by atoms with Gasteiger partial charge in [-0.2, -0.15) is 4.58 Å². The summed E-state index contributed by atoms with van der Waals surface area (Å²) in [6.07, 6.45) is 11.5. The van der Waals surface area contributed by atoms with Crippen LogP contribution in [0, 0.1) is 0 Å². The van der Waals surface area contributed by atoms with E-state index in [0.29, 0.717) is 0 Å². The number of rotatable bonds is 11. The van der Waals surface area contributed by atoms with E-state index >= 15 is 0 Å². The quantitative estimate of drug-likeness (QED) is 0.107. The highest BCUT2D eigenvalue weighted by Crippen LogP contribution is 2.36. The van der Waals surface area contributed by atoms with Crippen LogP contribution in [0.25, 0.3) is 11.3 Å². The first-order chi connectivity index (χ1) is 18.4. The molecule has 1 nitrogen and oxygen atoms in total. The molecule has 1 heteroatoms. The molecule has 38 heavy (non-hydrogen) atoms. The summed E-state index contributed by atoms with van der Waals surface area (Å²) in [5.74, 6) is 0. The molecule has 0 aliphatic heterocycles. The fourth-order valence-electron chi connectivity index (χ4n) is 5.11. The lowest BCUT2D eigenvalue weighted by atomic mass is 9.75. The van der Waals surface area contributed by atoms with Gasteiger partial charge in [-0.25, -0.2) is 0 Å². The SMILES string of the molecule is C=C=CC=CC(C)(CC)c1ccccc1C(=C)C(c1ccccc1)=[N+](C)C(=CC)c1cccc(CCC)c1. The van der Waals surface area contributed by atoms with Crippen LogP contribution in [-0.2, 0) is 11.8 Å². The number of allylic oxidation sites excluding steroid dienone is 5. The molecule has 0 aliphatic carbocycles. The highest BCUT2D eigenvalue weighted by atomic mass is 15.0. The Hall–Kier alpha value is -3.93. The highest BCUT2D eigenvalue weighted by molar-refractivity contribution is 6.29. The Bertz CT molecular complexity index is 1390. The number of hydrogen-bond donors (Lipinski definition) is 0. The summed E-state index contributed by atoms with van der Waals surface area (Å²) in [7, 11) is 2.16. The fourth-order valence-corrected chi connectivity index (χ4v) is 5.11. The molecule has 3 aromatic carbocycles. The number of hydrogen-bond acceptors (Lipinski definition) is 0. The molecule has 1 unspecified atom stereocenters. The van der Waals surface area contributed by atoms with Crippen molar-refractivity contribution in [2.75, 3.05) is 7.05 Å². The molecular weight excluding hydrogens is 458 g/mol. The molecule has 0 aliphatic rings. The van der Waals surface area contributed by atoms with Gasteiger partial charge in [0.1, 0.15) is 7.05 Å². The Morgan fingerprint density at radius 1 is 0.947 bits per heavy atom. The monoisotopic (exact) mass is 500 g/mol. The van der Waals surface area contributed by atoms with E-state index < -0.39 is 0 Å². The summed E-state index contributed by atoms with van der Waals surface area (Å²) in [5.41, 5.74) is 12.1. The Labute approximate surface area is 230 Å². The summed E-state index contributed by atoms with van der Waals surface area (Å²) in [6, 6.07) is 28.2. The molecular formula is C37H42N+. The zero-order chi connectivity index (χ0) is 27.5. The first kappa shape index (κ1) is 28.6. The molecule has 1 atom stereocenters. The Balaban J connectivity index is 2.25. The molecule has 0 heterocycles. The van der Waals surface area contributed by atoms with Gasteiger partial charge in [0.15, 0.2) is 0 Å². The Kier molecular flexibility index (Phi) is 10.2. The predicted molar refractivity (Wildman–Crippen MR) is 167 cm³/mol. The van der Waals surface area contributed by atoms with Gasteiger partial charge in [-0.3, -0.25) is 0 Å². The van der Waals surface area contributed by atoms with Crippen molar-refractivity contribution < 1.29 is 4.58 Å². The van der Waals surface area contributed by atoms with Gasteiger partial charge in [0.25, 0.3) is 0 Å². The fraction of sp³-hybridized carbons (Fsp3) is 0.243. The van der Waals surface area contributed by atoms with Crippen LogP contribution in [0.4, 0.5) is 0 Å². The zero-order valence-corrected chi connectivity index (χ0v) is 23.8. The summed E-state index contributed by atoms with van der Waals surface area (Å²) in [4.78, 5) is 0.